The zero-order valence-corrected chi connectivity index (χ0v) is 15.1. The fraction of sp³-hybridized carbons (Fsp3) is 0.562. The second kappa shape index (κ2) is 13.8. The molecule has 0 fully saturated rings. The predicted molar refractivity (Wildman–Crippen MR) is 97.7 cm³/mol. The van der Waals surface area contributed by atoms with Gasteiger partial charge in [-0.15, -0.1) is 24.8 Å². The lowest BCUT2D eigenvalue weighted by atomic mass is 10.1. The molecular formula is C16H29Cl2N3O. The van der Waals surface area contributed by atoms with Gasteiger partial charge >= 0.3 is 0 Å². The summed E-state index contributed by atoms with van der Waals surface area (Å²) in [5.41, 5.74) is 7.69. The monoisotopic (exact) mass is 349 g/mol. The second-order valence-corrected chi connectivity index (χ2v) is 5.02. The number of nitrogens with one attached hydrogen (secondary N) is 1. The van der Waals surface area contributed by atoms with Gasteiger partial charge in [0, 0.05) is 13.1 Å². The molecule has 0 radical (unpaired) electrons. The van der Waals surface area contributed by atoms with Crippen LogP contribution in [0.15, 0.2) is 24.3 Å². The lowest BCUT2D eigenvalue weighted by Crippen LogP contribution is -2.29. The number of hydrogen-bond acceptors (Lipinski definition) is 3. The number of unbranched alkanes of at least 4 members (excludes halogenated alkanes) is 1. The van der Waals surface area contributed by atoms with Crippen molar-refractivity contribution < 1.29 is 4.79 Å². The van der Waals surface area contributed by atoms with Gasteiger partial charge < -0.3 is 11.1 Å². The molecule has 0 aliphatic carbocycles. The average Bonchev–Trinajstić information content (AvgIpc) is 2.49. The number of nitrogens with zero attached hydrogens (tertiary/aromatic N) is 1. The number of amides is 1. The Morgan fingerprint density at radius 3 is 2.50 bits per heavy atom. The molecule has 3 N–H and O–H groups in total. The molecule has 1 amide bonds. The van der Waals surface area contributed by atoms with Gasteiger partial charge in [-0.3, -0.25) is 9.69 Å². The van der Waals surface area contributed by atoms with E-state index in [1.165, 1.54) is 18.4 Å². The van der Waals surface area contributed by atoms with Gasteiger partial charge in [0.25, 0.3) is 0 Å². The van der Waals surface area contributed by atoms with E-state index in [1.54, 1.807) is 0 Å². The van der Waals surface area contributed by atoms with Crippen LogP contribution in [0.3, 0.4) is 0 Å². The maximum atomic E-state index is 11.2. The first-order valence-electron chi connectivity index (χ1n) is 7.46. The molecule has 6 heteroatoms. The molecule has 22 heavy (non-hydrogen) atoms. The summed E-state index contributed by atoms with van der Waals surface area (Å²) in [4.78, 5) is 13.6. The smallest absolute Gasteiger partial charge is 0.234 e. The van der Waals surface area contributed by atoms with Crippen LogP contribution < -0.4 is 11.1 Å². The largest absolute Gasteiger partial charge is 0.351 e. The van der Waals surface area contributed by atoms with E-state index >= 15 is 0 Å². The van der Waals surface area contributed by atoms with Crippen molar-refractivity contribution in [3.63, 3.8) is 0 Å². The highest BCUT2D eigenvalue weighted by Crippen LogP contribution is 2.09. The molecule has 4 nitrogen and oxygen atoms in total. The van der Waals surface area contributed by atoms with Crippen LogP contribution >= 0.6 is 24.8 Å². The summed E-state index contributed by atoms with van der Waals surface area (Å²) < 4.78 is 0. The minimum atomic E-state index is -0.117. The number of hydrogen-bond donors (Lipinski definition) is 2. The Balaban J connectivity index is 0. The Kier molecular flexibility index (Phi) is 14.7. The molecule has 0 aliphatic rings. The van der Waals surface area contributed by atoms with Crippen molar-refractivity contribution in [2.75, 3.05) is 19.6 Å². The topological polar surface area (TPSA) is 58.4 Å². The van der Waals surface area contributed by atoms with Gasteiger partial charge in [0.2, 0.25) is 5.91 Å². The van der Waals surface area contributed by atoms with Crippen molar-refractivity contribution in [3.8, 4) is 0 Å². The molecule has 1 aromatic carbocycles. The Morgan fingerprint density at radius 2 is 1.91 bits per heavy atom. The molecule has 0 spiro atoms. The maximum Gasteiger partial charge on any atom is 0.234 e. The molecule has 1 rings (SSSR count). The average molecular weight is 350 g/mol. The first-order chi connectivity index (χ1) is 9.69. The number of nitrogens with two attached hydrogens (primary N) is 1. The van der Waals surface area contributed by atoms with Crippen LogP contribution in [0.4, 0.5) is 0 Å². The third-order valence-electron chi connectivity index (χ3n) is 3.35. The van der Waals surface area contributed by atoms with Gasteiger partial charge in [0.1, 0.15) is 0 Å². The van der Waals surface area contributed by atoms with Crippen LogP contribution in [0.2, 0.25) is 0 Å². The predicted octanol–water partition coefficient (Wildman–Crippen LogP) is 2.73. The third kappa shape index (κ3) is 9.26. The summed E-state index contributed by atoms with van der Waals surface area (Å²) in [5.74, 6) is -0.117. The van der Waals surface area contributed by atoms with E-state index in [2.05, 4.69) is 36.2 Å². The van der Waals surface area contributed by atoms with Crippen molar-refractivity contribution in [3.05, 3.63) is 35.4 Å². The number of halogens is 2. The van der Waals surface area contributed by atoms with Gasteiger partial charge in [-0.2, -0.15) is 0 Å². The molecule has 0 aliphatic heterocycles. The minimum absolute atomic E-state index is 0. The number of rotatable bonds is 9. The van der Waals surface area contributed by atoms with Gasteiger partial charge in [-0.25, -0.2) is 0 Å². The van der Waals surface area contributed by atoms with E-state index in [0.717, 1.165) is 25.2 Å². The van der Waals surface area contributed by atoms with Crippen LogP contribution in [-0.2, 0) is 17.9 Å². The van der Waals surface area contributed by atoms with Crippen LogP contribution in [0.5, 0.6) is 0 Å². The van der Waals surface area contributed by atoms with Gasteiger partial charge in [-0.05, 0) is 30.6 Å². The molecular weight excluding hydrogens is 321 g/mol. The van der Waals surface area contributed by atoms with E-state index in [9.17, 15) is 4.79 Å². The normalized spacial score (nSPS) is 9.82. The van der Waals surface area contributed by atoms with Gasteiger partial charge in [0.05, 0.1) is 6.54 Å². The minimum Gasteiger partial charge on any atom is -0.351 e. The van der Waals surface area contributed by atoms with Crippen molar-refractivity contribution >= 4 is 30.7 Å². The quantitative estimate of drug-likeness (QED) is 0.720. The highest BCUT2D eigenvalue weighted by atomic mass is 35.5. The zero-order chi connectivity index (χ0) is 14.8. The Morgan fingerprint density at radius 1 is 1.23 bits per heavy atom. The summed E-state index contributed by atoms with van der Waals surface area (Å²) in [6.07, 6.45) is 2.46. The molecule has 0 saturated carbocycles. The highest BCUT2D eigenvalue weighted by molar-refractivity contribution is 5.85. The first kappa shape index (κ1) is 23.5. The fourth-order valence-corrected chi connectivity index (χ4v) is 2.10. The van der Waals surface area contributed by atoms with Crippen molar-refractivity contribution in [2.24, 2.45) is 5.73 Å². The van der Waals surface area contributed by atoms with E-state index in [1.807, 2.05) is 12.1 Å². The van der Waals surface area contributed by atoms with Gasteiger partial charge in [-0.1, -0.05) is 44.5 Å². The van der Waals surface area contributed by atoms with Crippen molar-refractivity contribution in [1.82, 2.24) is 10.2 Å². The van der Waals surface area contributed by atoms with E-state index < -0.39 is 0 Å². The summed E-state index contributed by atoms with van der Waals surface area (Å²) in [7, 11) is 0. The molecule has 0 heterocycles. The van der Waals surface area contributed by atoms with Crippen LogP contribution in [-0.4, -0.2) is 30.4 Å². The molecule has 0 atom stereocenters. The third-order valence-corrected chi connectivity index (χ3v) is 3.35. The Bertz CT molecular complexity index is 416. The number of carbonyl (C=O) groups is 1. The number of benzene rings is 1. The van der Waals surface area contributed by atoms with Gasteiger partial charge in [0.15, 0.2) is 0 Å². The standard InChI is InChI=1S/C16H27N3O.2ClH/c1-3-5-9-19(4-2)13-15-8-6-7-14(10-15)12-18-16(20)11-17;;/h6-8,10H,3-5,9,11-13,17H2,1-2H3,(H,18,20);2*1H. The van der Waals surface area contributed by atoms with Crippen molar-refractivity contribution in [1.29, 1.82) is 0 Å². The lowest BCUT2D eigenvalue weighted by molar-refractivity contribution is -0.119. The Labute approximate surface area is 146 Å². The van der Waals surface area contributed by atoms with E-state index in [0.29, 0.717) is 6.54 Å². The van der Waals surface area contributed by atoms with E-state index in [4.69, 9.17) is 5.73 Å². The van der Waals surface area contributed by atoms with Crippen LogP contribution in [0.25, 0.3) is 0 Å². The maximum absolute atomic E-state index is 11.2. The number of carbonyl (C=O) groups excluding carboxylic acids is 1. The molecule has 0 unspecified atom stereocenters. The summed E-state index contributed by atoms with van der Waals surface area (Å²) >= 11 is 0. The van der Waals surface area contributed by atoms with Crippen molar-refractivity contribution in [2.45, 2.75) is 39.8 Å². The highest BCUT2D eigenvalue weighted by Gasteiger charge is 2.04. The first-order valence-corrected chi connectivity index (χ1v) is 7.46. The lowest BCUT2D eigenvalue weighted by Gasteiger charge is -2.20. The van der Waals surface area contributed by atoms with Crippen LogP contribution in [0, 0.1) is 0 Å². The SMILES string of the molecule is CCCCN(CC)Cc1cccc(CNC(=O)CN)c1.Cl.Cl. The van der Waals surface area contributed by atoms with Crippen LogP contribution in [0.1, 0.15) is 37.8 Å². The molecule has 128 valence electrons. The molecule has 0 saturated heterocycles. The fourth-order valence-electron chi connectivity index (χ4n) is 2.10. The second-order valence-electron chi connectivity index (χ2n) is 5.02. The van der Waals surface area contributed by atoms with E-state index in [-0.39, 0.29) is 37.3 Å². The molecule has 0 bridgehead atoms. The summed E-state index contributed by atoms with van der Waals surface area (Å²) in [5, 5.41) is 2.80. The zero-order valence-electron chi connectivity index (χ0n) is 13.5. The molecule has 0 aromatic heterocycles. The molecule has 1 aromatic rings. The summed E-state index contributed by atoms with van der Waals surface area (Å²) in [6, 6.07) is 8.38. The summed E-state index contributed by atoms with van der Waals surface area (Å²) in [6.45, 7) is 8.17. The Hall–Kier alpha value is -0.810.